The quantitative estimate of drug-likeness (QED) is 0.642. The van der Waals surface area contributed by atoms with Crippen molar-refractivity contribution in [1.82, 2.24) is 10.2 Å². The predicted molar refractivity (Wildman–Crippen MR) is 55.0 cm³/mol. The largest absolute Gasteiger partial charge is 0.368 e. The van der Waals surface area contributed by atoms with E-state index in [-0.39, 0.29) is 17.9 Å². The van der Waals surface area contributed by atoms with Crippen LogP contribution in [-0.4, -0.2) is 41.9 Å². The van der Waals surface area contributed by atoms with Crippen molar-refractivity contribution < 1.29 is 9.59 Å². The van der Waals surface area contributed by atoms with Crippen molar-refractivity contribution in [2.24, 2.45) is 5.73 Å². The van der Waals surface area contributed by atoms with E-state index in [1.165, 1.54) is 0 Å². The fraction of sp³-hybridized carbons (Fsp3) is 0.800. The smallest absolute Gasteiger partial charge is 0.240 e. The van der Waals surface area contributed by atoms with Gasteiger partial charge < -0.3 is 16.0 Å². The number of nitrogens with one attached hydrogen (secondary N) is 1. The van der Waals surface area contributed by atoms with Crippen molar-refractivity contribution in [3.63, 3.8) is 0 Å². The summed E-state index contributed by atoms with van der Waals surface area (Å²) in [5.41, 5.74) is 5.19. The molecule has 0 aromatic carbocycles. The van der Waals surface area contributed by atoms with E-state index in [9.17, 15) is 9.59 Å². The number of hydrogen-bond acceptors (Lipinski definition) is 3. The van der Waals surface area contributed by atoms with Gasteiger partial charge in [0.2, 0.25) is 11.8 Å². The topological polar surface area (TPSA) is 75.4 Å². The lowest BCUT2D eigenvalue weighted by Crippen LogP contribution is -2.57. The van der Waals surface area contributed by atoms with Gasteiger partial charge in [0.1, 0.15) is 6.04 Å². The van der Waals surface area contributed by atoms with Crippen LogP contribution in [0.5, 0.6) is 0 Å². The van der Waals surface area contributed by atoms with Gasteiger partial charge >= 0.3 is 0 Å². The molecule has 3 N–H and O–H groups in total. The fourth-order valence-electron chi connectivity index (χ4n) is 2.24. The maximum absolute atomic E-state index is 11.8. The van der Waals surface area contributed by atoms with Crippen LogP contribution in [0.2, 0.25) is 0 Å². The van der Waals surface area contributed by atoms with Crippen molar-refractivity contribution in [1.29, 1.82) is 0 Å². The molecule has 0 saturated carbocycles. The first-order valence-electron chi connectivity index (χ1n) is 5.50. The highest BCUT2D eigenvalue weighted by atomic mass is 16.2. The van der Waals surface area contributed by atoms with Crippen LogP contribution in [0.1, 0.15) is 25.7 Å². The van der Waals surface area contributed by atoms with Gasteiger partial charge in [-0.3, -0.25) is 9.59 Å². The molecule has 0 spiro atoms. The molecule has 0 aromatic rings. The van der Waals surface area contributed by atoms with Crippen LogP contribution in [0.3, 0.4) is 0 Å². The summed E-state index contributed by atoms with van der Waals surface area (Å²) < 4.78 is 0. The van der Waals surface area contributed by atoms with E-state index in [0.717, 1.165) is 25.8 Å². The molecule has 2 amide bonds. The first-order valence-corrected chi connectivity index (χ1v) is 5.50. The van der Waals surface area contributed by atoms with Crippen LogP contribution in [0.15, 0.2) is 0 Å². The zero-order valence-corrected chi connectivity index (χ0v) is 8.74. The summed E-state index contributed by atoms with van der Waals surface area (Å²) in [7, 11) is 0. The Bertz CT molecular complexity index is 274. The van der Waals surface area contributed by atoms with Gasteiger partial charge in [-0.1, -0.05) is 0 Å². The normalized spacial score (nSPS) is 30.0. The Balaban J connectivity index is 1.82. The van der Waals surface area contributed by atoms with E-state index in [1.807, 2.05) is 0 Å². The molecule has 0 aliphatic carbocycles. The van der Waals surface area contributed by atoms with Gasteiger partial charge in [-0.2, -0.15) is 0 Å². The van der Waals surface area contributed by atoms with Crippen molar-refractivity contribution in [3.05, 3.63) is 0 Å². The summed E-state index contributed by atoms with van der Waals surface area (Å²) in [6, 6.07) is -0.0504. The molecule has 5 heteroatoms. The molecule has 0 radical (unpaired) electrons. The van der Waals surface area contributed by atoms with Crippen molar-refractivity contribution in [2.45, 2.75) is 37.8 Å². The highest BCUT2D eigenvalue weighted by molar-refractivity contribution is 5.88. The molecule has 15 heavy (non-hydrogen) atoms. The van der Waals surface area contributed by atoms with Gasteiger partial charge in [0.15, 0.2) is 0 Å². The lowest BCUT2D eigenvalue weighted by atomic mass is 10.0. The summed E-state index contributed by atoms with van der Waals surface area (Å²) in [6.45, 7) is 1.68. The van der Waals surface area contributed by atoms with Gasteiger partial charge in [-0.25, -0.2) is 0 Å². The Hall–Kier alpha value is -1.10. The number of amides is 2. The number of rotatable bonds is 3. The van der Waals surface area contributed by atoms with Crippen LogP contribution >= 0.6 is 0 Å². The third-order valence-electron chi connectivity index (χ3n) is 3.25. The number of hydrogen-bond donors (Lipinski definition) is 2. The number of likely N-dealkylation sites (tertiary alicyclic amines) is 1. The van der Waals surface area contributed by atoms with Crippen LogP contribution in [-0.2, 0) is 9.59 Å². The number of primary amides is 1. The minimum absolute atomic E-state index is 0.0597. The monoisotopic (exact) mass is 211 g/mol. The van der Waals surface area contributed by atoms with Crippen molar-refractivity contribution in [2.75, 3.05) is 13.1 Å². The maximum atomic E-state index is 11.8. The van der Waals surface area contributed by atoms with E-state index in [2.05, 4.69) is 5.32 Å². The van der Waals surface area contributed by atoms with E-state index in [0.29, 0.717) is 19.0 Å². The first-order chi connectivity index (χ1) is 7.18. The number of nitrogens with two attached hydrogens (primary N) is 1. The maximum Gasteiger partial charge on any atom is 0.240 e. The second-order valence-corrected chi connectivity index (χ2v) is 4.29. The van der Waals surface area contributed by atoms with Crippen LogP contribution in [0.4, 0.5) is 0 Å². The third-order valence-corrected chi connectivity index (χ3v) is 3.25. The molecule has 2 rings (SSSR count). The summed E-state index contributed by atoms with van der Waals surface area (Å²) in [5, 5.41) is 3.27. The van der Waals surface area contributed by atoms with Gasteiger partial charge in [0.05, 0.1) is 0 Å². The van der Waals surface area contributed by atoms with E-state index in [4.69, 9.17) is 5.73 Å². The summed E-state index contributed by atoms with van der Waals surface area (Å²) in [4.78, 5) is 24.3. The van der Waals surface area contributed by atoms with E-state index in [1.54, 1.807) is 4.90 Å². The molecule has 0 bridgehead atoms. The number of carbonyl (C=O) groups is 2. The molecule has 2 unspecified atom stereocenters. The Morgan fingerprint density at radius 1 is 1.40 bits per heavy atom. The molecular weight excluding hydrogens is 194 g/mol. The van der Waals surface area contributed by atoms with Gasteiger partial charge in [0.25, 0.3) is 0 Å². The molecule has 2 saturated heterocycles. The SMILES string of the molecule is NC(=O)C1CCN1C(=O)CC1CCCN1. The van der Waals surface area contributed by atoms with Crippen molar-refractivity contribution >= 4 is 11.8 Å². The second kappa shape index (κ2) is 4.18. The molecule has 2 atom stereocenters. The van der Waals surface area contributed by atoms with Gasteiger partial charge in [0, 0.05) is 19.0 Å². The van der Waals surface area contributed by atoms with Gasteiger partial charge in [-0.15, -0.1) is 0 Å². The van der Waals surface area contributed by atoms with Crippen LogP contribution in [0.25, 0.3) is 0 Å². The molecule has 2 aliphatic heterocycles. The summed E-state index contributed by atoms with van der Waals surface area (Å²) in [6.07, 6.45) is 3.42. The number of carbonyl (C=O) groups excluding carboxylic acids is 2. The highest BCUT2D eigenvalue weighted by Gasteiger charge is 2.36. The van der Waals surface area contributed by atoms with Crippen LogP contribution in [0, 0.1) is 0 Å². The summed E-state index contributed by atoms with van der Waals surface area (Å²) in [5.74, 6) is -0.321. The summed E-state index contributed by atoms with van der Waals surface area (Å²) >= 11 is 0. The molecule has 2 fully saturated rings. The molecule has 2 aliphatic rings. The third kappa shape index (κ3) is 2.12. The Kier molecular flexibility index (Phi) is 2.90. The highest BCUT2D eigenvalue weighted by Crippen LogP contribution is 2.20. The lowest BCUT2D eigenvalue weighted by Gasteiger charge is -2.39. The zero-order chi connectivity index (χ0) is 10.8. The minimum atomic E-state index is -0.381. The average molecular weight is 211 g/mol. The second-order valence-electron chi connectivity index (χ2n) is 4.29. The van der Waals surface area contributed by atoms with Crippen molar-refractivity contribution in [3.8, 4) is 0 Å². The molecule has 2 heterocycles. The van der Waals surface area contributed by atoms with E-state index < -0.39 is 0 Å². The predicted octanol–water partition coefficient (Wildman–Crippen LogP) is -0.785. The Morgan fingerprint density at radius 3 is 2.67 bits per heavy atom. The molecule has 84 valence electrons. The molecule has 0 aromatic heterocycles. The lowest BCUT2D eigenvalue weighted by molar-refractivity contribution is -0.146. The zero-order valence-electron chi connectivity index (χ0n) is 8.74. The standard InChI is InChI=1S/C10H17N3O2/c11-10(15)8-3-5-13(8)9(14)6-7-2-1-4-12-7/h7-8,12H,1-6H2,(H2,11,15). The minimum Gasteiger partial charge on any atom is -0.368 e. The number of nitrogens with zero attached hydrogens (tertiary/aromatic N) is 1. The average Bonchev–Trinajstić information content (AvgIpc) is 2.52. The Labute approximate surface area is 89.0 Å². The first kappa shape index (κ1) is 10.4. The molecule has 5 nitrogen and oxygen atoms in total. The van der Waals surface area contributed by atoms with Crippen LogP contribution < -0.4 is 11.1 Å². The Morgan fingerprint density at radius 2 is 2.20 bits per heavy atom. The molecular formula is C10H17N3O2. The van der Waals surface area contributed by atoms with Gasteiger partial charge in [-0.05, 0) is 25.8 Å². The fourth-order valence-corrected chi connectivity index (χ4v) is 2.24. The van der Waals surface area contributed by atoms with E-state index >= 15 is 0 Å².